The van der Waals surface area contributed by atoms with Gasteiger partial charge in [-0.05, 0) is 238 Å². The Balaban J connectivity index is 0.000000137. The number of fused-ring (bicyclic) bond motifs is 40. The minimum Gasteiger partial charge on any atom is -0.706 e. The quantitative estimate of drug-likeness (QED) is 0.0722. The van der Waals surface area contributed by atoms with Crippen molar-refractivity contribution < 1.29 is 17.1 Å². The van der Waals surface area contributed by atoms with E-state index in [0.29, 0.717) is 98.7 Å². The molecular weight excluding hydrogens is 1380 g/mol. The van der Waals surface area contributed by atoms with E-state index in [2.05, 4.69) is 108 Å². The van der Waals surface area contributed by atoms with Crippen molar-refractivity contribution in [2.75, 3.05) is 0 Å². The zero-order valence-electron chi connectivity index (χ0n) is 53.4. The monoisotopic (exact) mass is 1490 g/mol. The molecule has 91 heavy (non-hydrogen) atoms. The van der Waals surface area contributed by atoms with Crippen molar-refractivity contribution in [3.8, 4) is 0 Å². The van der Waals surface area contributed by atoms with Crippen LogP contribution in [0.2, 0.25) is 0 Å². The molecule has 18 rings (SSSR count). The third-order valence-corrected chi connectivity index (χ3v) is 36.3. The predicted octanol–water partition coefficient (Wildman–Crippen LogP) is 10.5. The summed E-state index contributed by atoms with van der Waals surface area (Å²) in [7, 11) is 17.7. The van der Waals surface area contributed by atoms with E-state index < -0.39 is 0 Å². The minimum atomic E-state index is 0. The second kappa shape index (κ2) is 33.8. The van der Waals surface area contributed by atoms with E-state index in [1.807, 2.05) is 0 Å². The van der Waals surface area contributed by atoms with Crippen LogP contribution >= 0.6 is 80.7 Å². The van der Waals surface area contributed by atoms with Gasteiger partial charge in [0, 0.05) is 20.0 Å². The topological polar surface area (TPSA) is 192 Å². The molecule has 8 aliphatic carbocycles. The molecule has 10 heterocycles. The van der Waals surface area contributed by atoms with Gasteiger partial charge in [-0.25, -0.2) is 0 Å². The van der Waals surface area contributed by atoms with Crippen LogP contribution in [0.1, 0.15) is 205 Å². The number of nitrogens with one attached hydrogen (secondary N) is 16. The van der Waals surface area contributed by atoms with Crippen molar-refractivity contribution >= 4 is 104 Å². The number of hydrogen-bond donors (Lipinski definition) is 16. The van der Waals surface area contributed by atoms with Crippen LogP contribution in [0.15, 0.2) is 0 Å². The van der Waals surface area contributed by atoms with Crippen molar-refractivity contribution in [3.05, 3.63) is 0 Å². The van der Waals surface area contributed by atoms with Crippen molar-refractivity contribution in [1.82, 2.24) is 85.1 Å². The predicted molar refractivity (Wildman–Crippen MR) is 386 cm³/mol. The third-order valence-electron chi connectivity index (χ3n) is 27.7. The molecule has 0 spiro atoms. The van der Waals surface area contributed by atoms with Crippen molar-refractivity contribution in [1.29, 1.82) is 0 Å². The molecule has 16 atom stereocenters. The molecule has 521 valence electrons. The first kappa shape index (κ1) is 71.3. The van der Waals surface area contributed by atoms with Gasteiger partial charge >= 0.3 is 17.1 Å². The van der Waals surface area contributed by atoms with Gasteiger partial charge in [0.15, 0.2) is 0 Å². The first-order valence-electron chi connectivity index (χ1n) is 37.1. The molecule has 10 saturated heterocycles. The molecule has 18 aliphatic rings. The second-order valence-corrected chi connectivity index (χ2v) is 42.0. The van der Waals surface area contributed by atoms with Crippen LogP contribution in [0.5, 0.6) is 0 Å². The van der Waals surface area contributed by atoms with Gasteiger partial charge in [-0.15, -0.1) is 0 Å². The Labute approximate surface area is 599 Å². The van der Waals surface area contributed by atoms with E-state index in [9.17, 15) is 0 Å². The summed E-state index contributed by atoms with van der Waals surface area (Å²) in [6, 6.07) is 0. The molecule has 18 fully saturated rings. The number of rotatable bonds is 4. The SMILES string of the molecule is C1CCC2C3NC(NC4NC(NC5NC(NC6NC(N3)C3CCCCC63)C3CCCCC53)C3CCCCC43)C2C1.C1CCC2C3NC(NC4NC(NC5NC(NC6NC(N3)C3CCCCC63)C3CCCCC53)C3CCCCC43)C2C1.[Cu+2].[S-]SSSCl.[S-]SSSCl. The largest absolute Gasteiger partial charge is 2.00 e. The maximum atomic E-state index is 5.09. The Hall–Kier alpha value is 3.26. The van der Waals surface area contributed by atoms with Crippen LogP contribution in [0.3, 0.4) is 0 Å². The van der Waals surface area contributed by atoms with Gasteiger partial charge < -0.3 is 23.3 Å². The number of hydrogen-bond acceptors (Lipinski definition) is 24. The van der Waals surface area contributed by atoms with Crippen molar-refractivity contribution in [3.63, 3.8) is 0 Å². The van der Waals surface area contributed by atoms with E-state index in [-0.39, 0.29) is 17.1 Å². The van der Waals surface area contributed by atoms with Crippen molar-refractivity contribution in [2.45, 2.75) is 304 Å². The van der Waals surface area contributed by atoms with Gasteiger partial charge in [-0.2, -0.15) is 0 Å². The molecule has 0 aromatic carbocycles. The zero-order chi connectivity index (χ0) is 60.7. The average molecular weight is 1500 g/mol. The normalized spacial score (nSPS) is 51.6. The molecule has 1 radical (unpaired) electrons. The summed E-state index contributed by atoms with van der Waals surface area (Å²) in [6.45, 7) is 0. The van der Waals surface area contributed by atoms with Gasteiger partial charge in [0.25, 0.3) is 0 Å². The Morgan fingerprint density at radius 2 is 0.275 bits per heavy atom. The van der Waals surface area contributed by atoms with Gasteiger partial charge in [0.05, 0.1) is 98.7 Å². The molecule has 10 aliphatic heterocycles. The molecule has 0 aromatic rings. The molecular formula is C64H112Cl2CuN16S8. The third kappa shape index (κ3) is 15.6. The summed E-state index contributed by atoms with van der Waals surface area (Å²) in [4.78, 5) is 0. The molecule has 0 amide bonds. The fourth-order valence-electron chi connectivity index (χ4n) is 24.0. The van der Waals surface area contributed by atoms with Crippen LogP contribution in [-0.2, 0) is 40.4 Å². The smallest absolute Gasteiger partial charge is 0.706 e. The van der Waals surface area contributed by atoms with Crippen LogP contribution in [0.25, 0.3) is 0 Å². The van der Waals surface area contributed by atoms with E-state index >= 15 is 0 Å². The van der Waals surface area contributed by atoms with E-state index in [1.54, 1.807) is 0 Å². The Kier molecular flexibility index (Phi) is 26.5. The zero-order valence-corrected chi connectivity index (χ0v) is 62.4. The fourth-order valence-corrected chi connectivity index (χ4v) is 29.1. The van der Waals surface area contributed by atoms with Crippen LogP contribution in [0.4, 0.5) is 0 Å². The molecule has 16 nitrogen and oxygen atoms in total. The average Bonchev–Trinajstić information content (AvgIpc) is 1.69. The number of halogens is 2. The molecule has 0 aromatic heterocycles. The summed E-state index contributed by atoms with van der Waals surface area (Å²) in [6.07, 6.45) is 51.1. The van der Waals surface area contributed by atoms with Crippen LogP contribution < -0.4 is 85.1 Å². The minimum absolute atomic E-state index is 0. The molecule has 16 bridgehead atoms. The maximum Gasteiger partial charge on any atom is 2.00 e. The summed E-state index contributed by atoms with van der Waals surface area (Å²) in [5.41, 5.74) is 0. The van der Waals surface area contributed by atoms with E-state index in [1.165, 1.54) is 245 Å². The van der Waals surface area contributed by atoms with Crippen molar-refractivity contribution in [2.24, 2.45) is 94.7 Å². The maximum absolute atomic E-state index is 5.09. The van der Waals surface area contributed by atoms with Crippen LogP contribution in [0, 0.1) is 94.7 Å². The van der Waals surface area contributed by atoms with Crippen LogP contribution in [-0.4, -0.2) is 98.7 Å². The Morgan fingerprint density at radius 1 is 0.187 bits per heavy atom. The second-order valence-electron chi connectivity index (χ2n) is 31.6. The molecule has 16 unspecified atom stereocenters. The van der Waals surface area contributed by atoms with Gasteiger partial charge in [-0.1, -0.05) is 103 Å². The summed E-state index contributed by atoms with van der Waals surface area (Å²) < 4.78 is 0. The van der Waals surface area contributed by atoms with E-state index in [4.69, 9.17) is 21.4 Å². The molecule has 8 saturated carbocycles. The van der Waals surface area contributed by atoms with Gasteiger partial charge in [-0.3, -0.25) is 105 Å². The Morgan fingerprint density at radius 3 is 0.330 bits per heavy atom. The van der Waals surface area contributed by atoms with Gasteiger partial charge in [0.2, 0.25) is 0 Å². The summed E-state index contributed by atoms with van der Waals surface area (Å²) in [5, 5.41) is 67.6. The standard InChI is InChI=1S/2C32H56N8.2ClHS4.Cu/c2*1-2-10-18-17(9-1)25-33-26(18)38-28-21-13-5-6-14-22(21)30(35-28)40-32-24-16-8-7-15-23(24)31(36-32)39-29-20-12-4-3-11-19(20)27(34-29)37-25;2*1-3-5-4-2;/h2*17-40H,1-16H2;2*2H;/q;;;;+2/p-2. The fraction of sp³-hybridized carbons (Fsp3) is 1.00. The first-order valence-corrected chi connectivity index (χ1v) is 47.5. The molecule has 27 heteroatoms. The Bertz CT molecular complexity index is 1720. The van der Waals surface area contributed by atoms with Gasteiger partial charge in [0.1, 0.15) is 0 Å². The van der Waals surface area contributed by atoms with E-state index in [0.717, 1.165) is 115 Å². The molecule has 16 N–H and O–H groups in total. The summed E-state index contributed by atoms with van der Waals surface area (Å²) >= 11 is 8.85. The summed E-state index contributed by atoms with van der Waals surface area (Å²) in [5.74, 6) is 11.9. The first-order chi connectivity index (χ1) is 44.4.